The summed E-state index contributed by atoms with van der Waals surface area (Å²) in [6.07, 6.45) is 2.15. The van der Waals surface area contributed by atoms with Gasteiger partial charge in [0.15, 0.2) is 0 Å². The third kappa shape index (κ3) is 2.04. The minimum absolute atomic E-state index is 0.0609. The van der Waals surface area contributed by atoms with Gasteiger partial charge in [0.05, 0.1) is 43.0 Å². The molecule has 0 aromatic rings. The van der Waals surface area contributed by atoms with Crippen molar-refractivity contribution in [2.45, 2.75) is 18.6 Å². The minimum Gasteiger partial charge on any atom is -0.469 e. The number of ether oxygens (including phenoxy) is 6. The maximum atomic E-state index is 12.7. The van der Waals surface area contributed by atoms with Crippen LogP contribution < -0.4 is 0 Å². The topological polar surface area (TPSA) is 107 Å². The van der Waals surface area contributed by atoms with Gasteiger partial charge in [-0.1, -0.05) is 12.2 Å². The normalized spacial score (nSPS) is 43.8. The van der Waals surface area contributed by atoms with Gasteiger partial charge >= 0.3 is 18.1 Å². The molecule has 3 heterocycles. The third-order valence-electron chi connectivity index (χ3n) is 6.89. The number of allylic oxidation sites excluding steroid dienone is 1. The van der Waals surface area contributed by atoms with Gasteiger partial charge in [-0.3, -0.25) is 9.59 Å². The second kappa shape index (κ2) is 5.68. The second-order valence-corrected chi connectivity index (χ2v) is 7.86. The molecule has 9 heteroatoms. The lowest BCUT2D eigenvalue weighted by atomic mass is 9.46. The van der Waals surface area contributed by atoms with Crippen molar-refractivity contribution in [2.75, 3.05) is 33.7 Å². The zero-order chi connectivity index (χ0) is 18.8. The molecule has 4 fully saturated rings. The Morgan fingerprint density at radius 3 is 2.59 bits per heavy atom. The summed E-state index contributed by atoms with van der Waals surface area (Å²) in [6, 6.07) is 0. The van der Waals surface area contributed by atoms with Crippen LogP contribution in [0.15, 0.2) is 12.2 Å². The van der Waals surface area contributed by atoms with Gasteiger partial charge in [0.25, 0.3) is 0 Å². The van der Waals surface area contributed by atoms with Crippen LogP contribution in [0.5, 0.6) is 0 Å². The van der Waals surface area contributed by atoms with Crippen LogP contribution in [0.25, 0.3) is 0 Å². The number of rotatable bonds is 1. The Kier molecular flexibility index (Phi) is 3.58. The van der Waals surface area contributed by atoms with E-state index in [0.717, 1.165) is 0 Å². The van der Waals surface area contributed by atoms with Crippen LogP contribution >= 0.6 is 0 Å². The zero-order valence-corrected chi connectivity index (χ0v) is 14.8. The molecule has 6 atom stereocenters. The molecule has 2 bridgehead atoms. The fourth-order valence-corrected chi connectivity index (χ4v) is 5.81. The Hall–Kier alpha value is -2.13. The van der Waals surface area contributed by atoms with E-state index in [9.17, 15) is 14.4 Å². The van der Waals surface area contributed by atoms with Crippen LogP contribution in [0.1, 0.15) is 6.42 Å². The fourth-order valence-electron chi connectivity index (χ4n) is 5.81. The molecule has 2 spiro atoms. The van der Waals surface area contributed by atoms with Crippen molar-refractivity contribution in [3.8, 4) is 0 Å². The summed E-state index contributed by atoms with van der Waals surface area (Å²) in [4.78, 5) is 37.2. The lowest BCUT2D eigenvalue weighted by Crippen LogP contribution is -2.71. The van der Waals surface area contributed by atoms with Gasteiger partial charge in [0.1, 0.15) is 25.6 Å². The smallest absolute Gasteiger partial charge is 0.469 e. The van der Waals surface area contributed by atoms with Crippen molar-refractivity contribution in [1.29, 1.82) is 0 Å². The molecule has 0 N–H and O–H groups in total. The summed E-state index contributed by atoms with van der Waals surface area (Å²) >= 11 is 0. The van der Waals surface area contributed by atoms with E-state index in [4.69, 9.17) is 28.4 Å². The van der Waals surface area contributed by atoms with Crippen molar-refractivity contribution in [3.05, 3.63) is 12.2 Å². The van der Waals surface area contributed by atoms with Crippen molar-refractivity contribution in [3.63, 3.8) is 0 Å². The van der Waals surface area contributed by atoms with E-state index in [1.165, 1.54) is 7.11 Å². The number of carbonyl (C=O) groups excluding carboxylic acids is 3. The van der Waals surface area contributed by atoms with Crippen LogP contribution in [0.4, 0.5) is 4.79 Å². The molecule has 3 saturated heterocycles. The van der Waals surface area contributed by atoms with Gasteiger partial charge in [0.2, 0.25) is 0 Å². The number of hydrogen-bond acceptors (Lipinski definition) is 9. The molecule has 2 aliphatic carbocycles. The number of methoxy groups -OCH3 is 1. The number of fused-ring (bicyclic) bond motifs is 4. The molecule has 27 heavy (non-hydrogen) atoms. The van der Waals surface area contributed by atoms with E-state index in [0.29, 0.717) is 19.6 Å². The quantitative estimate of drug-likeness (QED) is 0.363. The highest BCUT2D eigenvalue weighted by molar-refractivity contribution is 5.86. The molecule has 0 amide bonds. The summed E-state index contributed by atoms with van der Waals surface area (Å²) in [5, 5.41) is 0. The molecule has 146 valence electrons. The summed E-state index contributed by atoms with van der Waals surface area (Å²) in [5.74, 6) is -2.86. The lowest BCUT2D eigenvalue weighted by molar-refractivity contribution is -0.285. The van der Waals surface area contributed by atoms with Crippen LogP contribution in [0.3, 0.4) is 0 Å². The third-order valence-corrected chi connectivity index (χ3v) is 6.89. The van der Waals surface area contributed by atoms with Crippen molar-refractivity contribution < 1.29 is 42.8 Å². The van der Waals surface area contributed by atoms with E-state index in [-0.39, 0.29) is 19.3 Å². The number of carbonyl (C=O) groups is 3. The Morgan fingerprint density at radius 2 is 1.85 bits per heavy atom. The maximum Gasteiger partial charge on any atom is 0.508 e. The van der Waals surface area contributed by atoms with Crippen LogP contribution in [0.2, 0.25) is 0 Å². The van der Waals surface area contributed by atoms with Gasteiger partial charge in [-0.05, 0) is 0 Å². The minimum atomic E-state index is -0.884. The highest BCUT2D eigenvalue weighted by Crippen LogP contribution is 2.64. The first-order chi connectivity index (χ1) is 13.0. The lowest BCUT2D eigenvalue weighted by Gasteiger charge is -2.61. The van der Waals surface area contributed by atoms with E-state index in [2.05, 4.69) is 0 Å². The van der Waals surface area contributed by atoms with E-state index >= 15 is 0 Å². The average molecular weight is 380 g/mol. The monoisotopic (exact) mass is 380 g/mol. The predicted octanol–water partition coefficient (Wildman–Crippen LogP) is 0.419. The molecular weight excluding hydrogens is 360 g/mol. The molecule has 0 aromatic carbocycles. The SMILES string of the molecule is COC(=O)[C@H]1C=C[C@H]2C3(COCOC3)[C@H]3C[C@H](OC(=O)O3)[C@@]23COC(=O)[C@@H]13. The fraction of sp³-hybridized carbons (Fsp3) is 0.722. The van der Waals surface area contributed by atoms with Crippen LogP contribution in [-0.2, 0) is 38.0 Å². The first-order valence-electron chi connectivity index (χ1n) is 8.98. The highest BCUT2D eigenvalue weighted by atomic mass is 16.7. The number of cyclic esters (lactones) is 1. The molecule has 0 unspecified atom stereocenters. The van der Waals surface area contributed by atoms with Gasteiger partial charge in [0, 0.05) is 12.3 Å². The highest BCUT2D eigenvalue weighted by Gasteiger charge is 2.74. The van der Waals surface area contributed by atoms with Crippen molar-refractivity contribution >= 4 is 18.1 Å². The predicted molar refractivity (Wildman–Crippen MR) is 84.0 cm³/mol. The standard InChI is InChI=1S/C18H20O9/c1-22-14(19)9-2-3-10-17(5-23-8-24-6-17)11-4-12(27-16(21)26-11)18(10)7-25-15(20)13(9)18/h2-3,9-13H,4-8H2,1H3/t9-,10-,11+,12-,13+,18+/m0/s1. The summed E-state index contributed by atoms with van der Waals surface area (Å²) in [5.41, 5.74) is -1.55. The Labute approximate surface area is 154 Å². The van der Waals surface area contributed by atoms with E-state index in [1.54, 1.807) is 6.08 Å². The molecule has 5 rings (SSSR count). The molecular formula is C18H20O9. The summed E-state index contributed by atoms with van der Waals surface area (Å²) in [7, 11) is 1.28. The van der Waals surface area contributed by atoms with Gasteiger partial charge in [-0.2, -0.15) is 0 Å². The second-order valence-electron chi connectivity index (χ2n) is 7.86. The first-order valence-corrected chi connectivity index (χ1v) is 8.98. The van der Waals surface area contributed by atoms with Crippen molar-refractivity contribution in [2.24, 2.45) is 28.6 Å². The number of esters is 2. The largest absolute Gasteiger partial charge is 0.508 e. The average Bonchev–Trinajstić information content (AvgIpc) is 3.04. The molecule has 1 saturated carbocycles. The molecule has 9 nitrogen and oxygen atoms in total. The van der Waals surface area contributed by atoms with Crippen LogP contribution in [0, 0.1) is 28.6 Å². The first kappa shape index (κ1) is 17.0. The van der Waals surface area contributed by atoms with E-state index < -0.39 is 53.0 Å². The Balaban J connectivity index is 1.69. The Morgan fingerprint density at radius 1 is 1.11 bits per heavy atom. The molecule has 5 aliphatic rings. The van der Waals surface area contributed by atoms with E-state index in [1.807, 2.05) is 6.08 Å². The summed E-state index contributed by atoms with van der Waals surface area (Å²) in [6.45, 7) is 0.858. The van der Waals surface area contributed by atoms with Gasteiger partial charge in [-0.25, -0.2) is 4.79 Å². The summed E-state index contributed by atoms with van der Waals surface area (Å²) < 4.78 is 32.6. The van der Waals surface area contributed by atoms with Crippen LogP contribution in [-0.4, -0.2) is 64.0 Å². The van der Waals surface area contributed by atoms with Crippen molar-refractivity contribution in [1.82, 2.24) is 0 Å². The molecule has 0 aromatic heterocycles. The van der Waals surface area contributed by atoms with Gasteiger partial charge < -0.3 is 28.4 Å². The Bertz CT molecular complexity index is 724. The molecule has 0 radical (unpaired) electrons. The van der Waals surface area contributed by atoms with Gasteiger partial charge in [-0.15, -0.1) is 0 Å². The number of hydrogen-bond donors (Lipinski definition) is 0. The zero-order valence-electron chi connectivity index (χ0n) is 14.8. The molecule has 3 aliphatic heterocycles. The maximum absolute atomic E-state index is 12.7.